The number of fused-ring (bicyclic) bond motifs is 3. The summed E-state index contributed by atoms with van der Waals surface area (Å²) in [4.78, 5) is 7.29. The van der Waals surface area contributed by atoms with E-state index in [1.807, 2.05) is 23.5 Å². The van der Waals surface area contributed by atoms with Gasteiger partial charge in [0.2, 0.25) is 5.95 Å². The van der Waals surface area contributed by atoms with Gasteiger partial charge in [0.05, 0.1) is 6.07 Å². The van der Waals surface area contributed by atoms with E-state index in [1.54, 1.807) is 6.33 Å². The molecule has 2 fully saturated rings. The van der Waals surface area contributed by atoms with Crippen molar-refractivity contribution in [3.05, 3.63) is 24.2 Å². The van der Waals surface area contributed by atoms with Crippen molar-refractivity contribution in [2.75, 3.05) is 17.2 Å². The predicted molar refractivity (Wildman–Crippen MR) is 108 cm³/mol. The van der Waals surface area contributed by atoms with Crippen LogP contribution in [0.3, 0.4) is 0 Å². The Kier molecular flexibility index (Phi) is 4.52. The van der Waals surface area contributed by atoms with Crippen LogP contribution in [0.1, 0.15) is 37.8 Å². The van der Waals surface area contributed by atoms with Crippen LogP contribution in [0.2, 0.25) is 0 Å². The zero-order valence-electron chi connectivity index (χ0n) is 16.3. The minimum absolute atomic E-state index is 0.340. The SMILES string of the molecule is Cc1cc(Nc2cc3nncn3c(NC3CC4CC[C@@H](C3)N4CCC#N)n2)n[nH]1. The van der Waals surface area contributed by atoms with Crippen molar-refractivity contribution >= 4 is 23.2 Å². The molecule has 29 heavy (non-hydrogen) atoms. The number of anilines is 3. The lowest BCUT2D eigenvalue weighted by molar-refractivity contribution is 0.135. The average molecular weight is 392 g/mol. The molecule has 10 heteroatoms. The van der Waals surface area contributed by atoms with E-state index in [0.717, 1.165) is 36.7 Å². The third-order valence-electron chi connectivity index (χ3n) is 5.96. The second-order valence-corrected chi connectivity index (χ2v) is 7.93. The number of aromatic nitrogens is 6. The van der Waals surface area contributed by atoms with E-state index < -0.39 is 0 Å². The number of H-pyrrole nitrogens is 1. The summed E-state index contributed by atoms with van der Waals surface area (Å²) >= 11 is 0. The molecule has 3 atom stereocenters. The Morgan fingerprint density at radius 3 is 2.79 bits per heavy atom. The van der Waals surface area contributed by atoms with Gasteiger partial charge in [-0.2, -0.15) is 15.3 Å². The Bertz CT molecular complexity index is 1030. The molecular weight excluding hydrogens is 368 g/mol. The molecule has 0 spiro atoms. The van der Waals surface area contributed by atoms with E-state index in [9.17, 15) is 0 Å². The molecule has 3 aromatic heterocycles. The number of rotatable bonds is 6. The maximum atomic E-state index is 8.93. The summed E-state index contributed by atoms with van der Waals surface area (Å²) < 4.78 is 1.88. The molecule has 0 aromatic carbocycles. The van der Waals surface area contributed by atoms with Gasteiger partial charge in [-0.1, -0.05) is 0 Å². The Labute approximate surface area is 168 Å². The van der Waals surface area contributed by atoms with E-state index in [1.165, 1.54) is 12.8 Å². The zero-order chi connectivity index (χ0) is 19.8. The largest absolute Gasteiger partial charge is 0.352 e. The standard InChI is InChI=1S/C19H24N10/c1-12-7-17(26-25-12)23-16-10-18-27-21-11-29(18)19(24-16)22-13-8-14-3-4-15(9-13)28(14)6-2-5-20/h7,10-11,13-15H,2-4,6,8-9H2,1H3,(H,22,24)(H2,23,25,26)/t13?,14-,15?/m0/s1. The van der Waals surface area contributed by atoms with Gasteiger partial charge >= 0.3 is 0 Å². The van der Waals surface area contributed by atoms with Crippen molar-refractivity contribution in [2.45, 2.75) is 57.2 Å². The van der Waals surface area contributed by atoms with Crippen LogP contribution in [0.25, 0.3) is 5.65 Å². The van der Waals surface area contributed by atoms with Gasteiger partial charge in [-0.05, 0) is 32.6 Å². The van der Waals surface area contributed by atoms with Crippen LogP contribution < -0.4 is 10.6 Å². The molecule has 3 N–H and O–H groups in total. The molecule has 2 aliphatic rings. The lowest BCUT2D eigenvalue weighted by Gasteiger charge is -2.39. The van der Waals surface area contributed by atoms with Crippen molar-refractivity contribution in [3.8, 4) is 6.07 Å². The van der Waals surface area contributed by atoms with E-state index in [4.69, 9.17) is 10.2 Å². The first-order valence-electron chi connectivity index (χ1n) is 10.1. The van der Waals surface area contributed by atoms with Gasteiger partial charge in [0, 0.05) is 48.9 Å². The highest BCUT2D eigenvalue weighted by Crippen LogP contribution is 2.36. The monoisotopic (exact) mass is 392 g/mol. The molecule has 2 aliphatic heterocycles. The molecule has 0 amide bonds. The number of hydrogen-bond acceptors (Lipinski definition) is 8. The molecule has 2 unspecified atom stereocenters. The number of nitriles is 1. The Hall–Kier alpha value is -3.19. The summed E-state index contributed by atoms with van der Waals surface area (Å²) in [6.07, 6.45) is 6.83. The van der Waals surface area contributed by atoms with Gasteiger partial charge in [-0.3, -0.25) is 14.4 Å². The van der Waals surface area contributed by atoms with Crippen LogP contribution in [-0.2, 0) is 0 Å². The molecule has 0 aliphatic carbocycles. The number of piperidine rings is 1. The molecule has 2 bridgehead atoms. The molecule has 150 valence electrons. The molecule has 2 saturated heterocycles. The highest BCUT2D eigenvalue weighted by atomic mass is 15.3. The van der Waals surface area contributed by atoms with Crippen molar-refractivity contribution in [3.63, 3.8) is 0 Å². The molecule has 0 saturated carbocycles. The van der Waals surface area contributed by atoms with Crippen molar-refractivity contribution < 1.29 is 0 Å². The maximum Gasteiger partial charge on any atom is 0.212 e. The molecule has 0 radical (unpaired) electrons. The zero-order valence-corrected chi connectivity index (χ0v) is 16.3. The summed E-state index contributed by atoms with van der Waals surface area (Å²) in [5.74, 6) is 2.12. The summed E-state index contributed by atoms with van der Waals surface area (Å²) in [6.45, 7) is 2.84. The molecule has 10 nitrogen and oxygen atoms in total. The smallest absolute Gasteiger partial charge is 0.212 e. The van der Waals surface area contributed by atoms with Gasteiger partial charge in [0.25, 0.3) is 0 Å². The van der Waals surface area contributed by atoms with E-state index in [-0.39, 0.29) is 0 Å². The fourth-order valence-corrected chi connectivity index (χ4v) is 4.73. The number of nitrogens with zero attached hydrogens (tertiary/aromatic N) is 7. The van der Waals surface area contributed by atoms with Gasteiger partial charge in [0.1, 0.15) is 12.1 Å². The molecule has 5 heterocycles. The van der Waals surface area contributed by atoms with Crippen molar-refractivity contribution in [1.82, 2.24) is 34.7 Å². The second kappa shape index (κ2) is 7.33. The third kappa shape index (κ3) is 3.49. The summed E-state index contributed by atoms with van der Waals surface area (Å²) in [5, 5.41) is 31.2. The fourth-order valence-electron chi connectivity index (χ4n) is 4.73. The Morgan fingerprint density at radius 1 is 1.24 bits per heavy atom. The third-order valence-corrected chi connectivity index (χ3v) is 5.96. The summed E-state index contributed by atoms with van der Waals surface area (Å²) in [6, 6.07) is 7.50. The maximum absolute atomic E-state index is 8.93. The Morgan fingerprint density at radius 2 is 2.07 bits per heavy atom. The van der Waals surface area contributed by atoms with E-state index in [0.29, 0.717) is 36.2 Å². The van der Waals surface area contributed by atoms with Crippen LogP contribution in [-0.4, -0.2) is 59.3 Å². The minimum atomic E-state index is 0.340. The van der Waals surface area contributed by atoms with E-state index in [2.05, 4.69) is 42.0 Å². The number of nitrogens with one attached hydrogen (secondary N) is 3. The first-order chi connectivity index (χ1) is 14.2. The first-order valence-corrected chi connectivity index (χ1v) is 10.1. The van der Waals surface area contributed by atoms with Crippen molar-refractivity contribution in [2.24, 2.45) is 0 Å². The van der Waals surface area contributed by atoms with Crippen LogP contribution in [0.15, 0.2) is 18.5 Å². The lowest BCUT2D eigenvalue weighted by atomic mass is 9.97. The highest BCUT2D eigenvalue weighted by molar-refractivity contribution is 5.60. The summed E-state index contributed by atoms with van der Waals surface area (Å²) in [5.41, 5.74) is 1.71. The Balaban J connectivity index is 1.35. The molecule has 3 aromatic rings. The fraction of sp³-hybridized carbons (Fsp3) is 0.526. The number of hydrogen-bond donors (Lipinski definition) is 3. The molecule has 5 rings (SSSR count). The predicted octanol–water partition coefficient (Wildman–Crippen LogP) is 2.22. The first kappa shape index (κ1) is 17.9. The van der Waals surface area contributed by atoms with Gasteiger partial charge in [0.15, 0.2) is 11.5 Å². The normalized spacial score (nSPS) is 23.9. The molecular formula is C19H24N10. The van der Waals surface area contributed by atoms with Crippen molar-refractivity contribution in [1.29, 1.82) is 5.26 Å². The number of aryl methyl sites for hydroxylation is 1. The minimum Gasteiger partial charge on any atom is -0.352 e. The number of aromatic amines is 1. The van der Waals surface area contributed by atoms with Gasteiger partial charge < -0.3 is 10.6 Å². The summed E-state index contributed by atoms with van der Waals surface area (Å²) in [7, 11) is 0. The van der Waals surface area contributed by atoms with Crippen LogP contribution >= 0.6 is 0 Å². The van der Waals surface area contributed by atoms with E-state index >= 15 is 0 Å². The lowest BCUT2D eigenvalue weighted by Crippen LogP contribution is -2.47. The average Bonchev–Trinajstić information content (AvgIpc) is 3.39. The van der Waals surface area contributed by atoms with Gasteiger partial charge in [-0.15, -0.1) is 10.2 Å². The topological polar surface area (TPSA) is 123 Å². The van der Waals surface area contributed by atoms with Crippen LogP contribution in [0.4, 0.5) is 17.6 Å². The van der Waals surface area contributed by atoms with Crippen LogP contribution in [0, 0.1) is 18.3 Å². The van der Waals surface area contributed by atoms with Crippen LogP contribution in [0.5, 0.6) is 0 Å². The second-order valence-electron chi connectivity index (χ2n) is 7.93. The van der Waals surface area contributed by atoms with Gasteiger partial charge in [-0.25, -0.2) is 0 Å². The highest BCUT2D eigenvalue weighted by Gasteiger charge is 2.40. The quantitative estimate of drug-likeness (QED) is 0.583.